The lowest BCUT2D eigenvalue weighted by molar-refractivity contribution is 0.112. The summed E-state index contributed by atoms with van der Waals surface area (Å²) >= 11 is 0. The molecule has 4 fully saturated rings. The van der Waals surface area contributed by atoms with Crippen LogP contribution in [0.25, 0.3) is 0 Å². The standard InChI is InChI=1S/C23H48O10Si4/c1-34(2)30-35(3,12-6-9-24-15-21-18-27-21)32-37(5,14-8-11-26-17-23-20-29-23)33-36(4,31-34)13-7-10-25-16-22-19-28-22/h21-23H,6-20H2,1-5H3. The average molecular weight is 597 g/mol. The van der Waals surface area contributed by atoms with E-state index in [1.165, 1.54) is 0 Å². The van der Waals surface area contributed by atoms with E-state index in [1.807, 2.05) is 0 Å². The minimum Gasteiger partial charge on any atom is -0.416 e. The van der Waals surface area contributed by atoms with E-state index in [-0.39, 0.29) is 18.3 Å². The van der Waals surface area contributed by atoms with Gasteiger partial charge in [0.1, 0.15) is 18.3 Å². The number of hydrogen-bond acceptors (Lipinski definition) is 10. The van der Waals surface area contributed by atoms with Gasteiger partial charge in [0.25, 0.3) is 0 Å². The van der Waals surface area contributed by atoms with Crippen LogP contribution in [0, 0.1) is 0 Å². The highest BCUT2D eigenvalue weighted by Crippen LogP contribution is 2.37. The van der Waals surface area contributed by atoms with Gasteiger partial charge in [-0.25, -0.2) is 0 Å². The van der Waals surface area contributed by atoms with Crippen molar-refractivity contribution in [3.63, 3.8) is 0 Å². The van der Waals surface area contributed by atoms with Crippen LogP contribution < -0.4 is 0 Å². The van der Waals surface area contributed by atoms with Gasteiger partial charge in [0, 0.05) is 19.8 Å². The zero-order valence-electron chi connectivity index (χ0n) is 23.4. The largest absolute Gasteiger partial charge is 0.416 e. The third kappa shape index (κ3) is 11.8. The summed E-state index contributed by atoms with van der Waals surface area (Å²) in [7, 11) is -10.2. The molecule has 5 atom stereocenters. The second kappa shape index (κ2) is 13.4. The topological polar surface area (TPSA) is 102 Å². The molecule has 4 rings (SSSR count). The van der Waals surface area contributed by atoms with Crippen LogP contribution in [0.4, 0.5) is 0 Å². The van der Waals surface area contributed by atoms with E-state index in [0.29, 0.717) is 39.6 Å². The number of epoxide rings is 3. The highest BCUT2D eigenvalue weighted by atomic mass is 28.5. The average Bonchev–Trinajstić information content (AvgIpc) is 3.63. The number of rotatable bonds is 18. The molecule has 0 aromatic heterocycles. The second-order valence-electron chi connectivity index (χ2n) is 11.6. The molecule has 0 bridgehead atoms. The Kier molecular flexibility index (Phi) is 11.0. The predicted octanol–water partition coefficient (Wildman–Crippen LogP) is 3.40. The van der Waals surface area contributed by atoms with Crippen molar-refractivity contribution in [1.82, 2.24) is 0 Å². The van der Waals surface area contributed by atoms with Crippen molar-refractivity contribution in [3.8, 4) is 0 Å². The van der Waals surface area contributed by atoms with E-state index < -0.39 is 34.2 Å². The van der Waals surface area contributed by atoms with Crippen molar-refractivity contribution < 1.29 is 44.9 Å². The second-order valence-corrected chi connectivity index (χ2v) is 26.0. The summed E-state index contributed by atoms with van der Waals surface area (Å²) in [6.45, 7) is 17.4. The Morgan fingerprint density at radius 2 is 0.811 bits per heavy atom. The van der Waals surface area contributed by atoms with Crippen LogP contribution in [0.2, 0.25) is 50.9 Å². The molecule has 0 amide bonds. The fourth-order valence-electron chi connectivity index (χ4n) is 4.97. The minimum absolute atomic E-state index is 0.282. The molecule has 0 aliphatic carbocycles. The molecule has 4 aliphatic heterocycles. The summed E-state index contributed by atoms with van der Waals surface area (Å²) in [4.78, 5) is 0. The molecule has 0 spiro atoms. The Hall–Kier alpha value is 0.468. The predicted molar refractivity (Wildman–Crippen MR) is 147 cm³/mol. The molecule has 37 heavy (non-hydrogen) atoms. The summed E-state index contributed by atoms with van der Waals surface area (Å²) in [5.74, 6) is 0. The van der Waals surface area contributed by atoms with Crippen LogP contribution in [0.1, 0.15) is 19.3 Å². The molecular formula is C23H48O10Si4. The molecule has 10 nitrogen and oxygen atoms in total. The van der Waals surface area contributed by atoms with Crippen molar-refractivity contribution in [2.24, 2.45) is 0 Å². The van der Waals surface area contributed by atoms with E-state index in [2.05, 4.69) is 32.7 Å². The molecule has 4 heterocycles. The molecule has 14 heteroatoms. The molecule has 0 N–H and O–H groups in total. The highest BCUT2D eigenvalue weighted by Gasteiger charge is 2.55. The lowest BCUT2D eigenvalue weighted by atomic mass is 10.5. The first-order chi connectivity index (χ1) is 17.6. The Bertz CT molecular complexity index is 667. The van der Waals surface area contributed by atoms with Gasteiger partial charge < -0.3 is 44.9 Å². The summed E-state index contributed by atoms with van der Waals surface area (Å²) in [6.07, 6.45) is 3.53. The Balaban J connectivity index is 1.34. The van der Waals surface area contributed by atoms with E-state index in [9.17, 15) is 0 Å². The number of hydrogen-bond donors (Lipinski definition) is 0. The molecule has 216 valence electrons. The van der Waals surface area contributed by atoms with Crippen molar-refractivity contribution >= 4 is 34.2 Å². The molecule has 0 aromatic carbocycles. The molecular weight excluding hydrogens is 549 g/mol. The summed E-state index contributed by atoms with van der Waals surface area (Å²) in [6, 6.07) is 2.56. The maximum atomic E-state index is 7.06. The monoisotopic (exact) mass is 596 g/mol. The smallest absolute Gasteiger partial charge is 0.317 e. The maximum Gasteiger partial charge on any atom is 0.317 e. The van der Waals surface area contributed by atoms with Gasteiger partial charge in [-0.1, -0.05) is 0 Å². The van der Waals surface area contributed by atoms with Crippen LogP contribution >= 0.6 is 0 Å². The van der Waals surface area contributed by atoms with Crippen molar-refractivity contribution in [2.75, 3.05) is 59.5 Å². The van der Waals surface area contributed by atoms with Gasteiger partial charge in [-0.05, 0) is 70.1 Å². The molecule has 0 saturated carbocycles. The van der Waals surface area contributed by atoms with Gasteiger partial charge in [0.05, 0.1) is 39.6 Å². The minimum atomic E-state index is -2.60. The van der Waals surface area contributed by atoms with Crippen molar-refractivity contribution in [3.05, 3.63) is 0 Å². The molecule has 4 saturated heterocycles. The maximum absolute atomic E-state index is 7.06. The first-order valence-corrected chi connectivity index (χ1v) is 24.3. The molecule has 4 aliphatic rings. The lowest BCUT2D eigenvalue weighted by Gasteiger charge is -2.49. The number of ether oxygens (including phenoxy) is 6. The fourth-order valence-corrected chi connectivity index (χ4v) is 27.6. The van der Waals surface area contributed by atoms with Crippen molar-refractivity contribution in [1.29, 1.82) is 0 Å². The molecule has 0 radical (unpaired) electrons. The lowest BCUT2D eigenvalue weighted by Crippen LogP contribution is -2.66. The van der Waals surface area contributed by atoms with Crippen LogP contribution in [-0.4, -0.2) is 112 Å². The third-order valence-corrected chi connectivity index (χ3v) is 24.7. The van der Waals surface area contributed by atoms with Gasteiger partial charge in [0.15, 0.2) is 0 Å². The normalized spacial score (nSPS) is 38.7. The Morgan fingerprint density at radius 1 is 0.514 bits per heavy atom. The Labute approximate surface area is 226 Å². The van der Waals surface area contributed by atoms with E-state index in [4.69, 9.17) is 44.9 Å². The van der Waals surface area contributed by atoms with E-state index in [0.717, 1.165) is 57.2 Å². The summed E-state index contributed by atoms with van der Waals surface area (Å²) in [5, 5.41) is 0. The fraction of sp³-hybridized carbons (Fsp3) is 1.00. The van der Waals surface area contributed by atoms with Gasteiger partial charge in [-0.15, -0.1) is 0 Å². The van der Waals surface area contributed by atoms with Gasteiger partial charge >= 0.3 is 34.2 Å². The van der Waals surface area contributed by atoms with Crippen LogP contribution in [-0.2, 0) is 44.9 Å². The third-order valence-electron chi connectivity index (χ3n) is 6.66. The molecule has 0 aromatic rings. The zero-order valence-corrected chi connectivity index (χ0v) is 27.4. The summed E-state index contributed by atoms with van der Waals surface area (Å²) < 4.78 is 61.0. The van der Waals surface area contributed by atoms with E-state index in [1.54, 1.807) is 0 Å². The first kappa shape index (κ1) is 30.4. The Morgan fingerprint density at radius 3 is 1.11 bits per heavy atom. The van der Waals surface area contributed by atoms with E-state index >= 15 is 0 Å². The van der Waals surface area contributed by atoms with Gasteiger partial charge in [-0.2, -0.15) is 0 Å². The zero-order chi connectivity index (χ0) is 26.4. The van der Waals surface area contributed by atoms with Gasteiger partial charge in [-0.3, -0.25) is 0 Å². The highest BCUT2D eigenvalue weighted by molar-refractivity contribution is 6.93. The first-order valence-electron chi connectivity index (χ1n) is 13.9. The van der Waals surface area contributed by atoms with Crippen molar-refractivity contribution in [2.45, 2.75) is 88.4 Å². The van der Waals surface area contributed by atoms with Crippen LogP contribution in [0.3, 0.4) is 0 Å². The SMILES string of the molecule is C[Si]1(C)O[Si](C)(CCCOCC2CO2)O[Si](C)(CCCOCC2CO2)O[Si](C)(CCCOCC2CO2)O1. The van der Waals surface area contributed by atoms with Gasteiger partial charge in [0.2, 0.25) is 0 Å². The van der Waals surface area contributed by atoms with Crippen LogP contribution in [0.5, 0.6) is 0 Å². The van der Waals surface area contributed by atoms with Crippen LogP contribution in [0.15, 0.2) is 0 Å². The molecule has 5 unspecified atom stereocenters. The quantitative estimate of drug-likeness (QED) is 0.133. The summed E-state index contributed by atoms with van der Waals surface area (Å²) in [5.41, 5.74) is 0.